The number of hydrogen-bond donors (Lipinski definition) is 5. The molecule has 12 heteroatoms. The molecule has 0 saturated carbocycles. The van der Waals surface area contributed by atoms with E-state index < -0.39 is 26.7 Å². The van der Waals surface area contributed by atoms with E-state index in [2.05, 4.69) is 5.32 Å². The van der Waals surface area contributed by atoms with E-state index in [4.69, 9.17) is 14.7 Å². The first-order chi connectivity index (χ1) is 8.45. The average Bonchev–Trinajstić information content (AvgIpc) is 2.22. The Hall–Kier alpha value is 1.18. The molecule has 7 N–H and O–H groups in total. The SMILES string of the molecule is CCCCC(C)NCCC(O)(P(=O)([O-])O)P(=O)(O)O.O.[Na+]. The van der Waals surface area contributed by atoms with Gasteiger partial charge < -0.3 is 40.0 Å². The zero-order chi connectivity index (χ0) is 15.3. The van der Waals surface area contributed by atoms with E-state index in [1.807, 2.05) is 13.8 Å². The molecule has 0 spiro atoms. The molecule has 0 aliphatic carbocycles. The third-order valence-electron chi connectivity index (χ3n) is 2.86. The molecule has 0 aliphatic heterocycles. The molecule has 0 aromatic carbocycles. The van der Waals surface area contributed by atoms with Crippen LogP contribution in [0.5, 0.6) is 0 Å². The summed E-state index contributed by atoms with van der Waals surface area (Å²) in [6.45, 7) is 3.71. The van der Waals surface area contributed by atoms with Crippen LogP contribution >= 0.6 is 15.2 Å². The standard InChI is InChI=1S/C9H23NO7P2.Na.H2O/c1-3-4-5-8(2)10-7-6-9(11,18(12,13)14)19(15,16)17;;/h8,10-11H,3-7H2,1-2H3,(H2,12,13,14)(H2,15,16,17);;1H2/q;+1;/p-1. The minimum absolute atomic E-state index is 0. The Kier molecular flexibility index (Phi) is 14.0. The summed E-state index contributed by atoms with van der Waals surface area (Å²) in [7, 11) is -11.0. The van der Waals surface area contributed by atoms with Crippen molar-refractivity contribution in [2.75, 3.05) is 6.54 Å². The van der Waals surface area contributed by atoms with Crippen molar-refractivity contribution in [1.82, 2.24) is 5.32 Å². The van der Waals surface area contributed by atoms with E-state index in [0.717, 1.165) is 19.3 Å². The van der Waals surface area contributed by atoms with Crippen LogP contribution in [0, 0.1) is 0 Å². The Morgan fingerprint density at radius 3 is 2.10 bits per heavy atom. The Balaban J connectivity index is -0.00000162. The van der Waals surface area contributed by atoms with Crippen LogP contribution in [-0.2, 0) is 9.13 Å². The maximum absolute atomic E-state index is 11.0. The Bertz CT molecular complexity index is 349. The molecule has 9 nitrogen and oxygen atoms in total. The second-order valence-electron chi connectivity index (χ2n) is 4.59. The van der Waals surface area contributed by atoms with E-state index in [-0.39, 0.29) is 47.6 Å². The third-order valence-corrected chi connectivity index (χ3v) is 6.69. The Morgan fingerprint density at radius 2 is 1.76 bits per heavy atom. The molecule has 0 fully saturated rings. The second kappa shape index (κ2) is 10.9. The first-order valence-electron chi connectivity index (χ1n) is 6.01. The smallest absolute Gasteiger partial charge is 0.776 e. The fourth-order valence-corrected chi connectivity index (χ4v) is 3.66. The topological polar surface area (TPSA) is 182 Å². The van der Waals surface area contributed by atoms with Gasteiger partial charge in [-0.25, -0.2) is 0 Å². The zero-order valence-electron chi connectivity index (χ0n) is 12.5. The molecule has 0 aliphatic rings. The van der Waals surface area contributed by atoms with Crippen molar-refractivity contribution in [3.8, 4) is 0 Å². The van der Waals surface area contributed by atoms with Gasteiger partial charge in [-0.05, 0) is 19.9 Å². The van der Waals surface area contributed by atoms with E-state index in [9.17, 15) is 19.1 Å². The molecule has 0 aromatic rings. The minimum Gasteiger partial charge on any atom is -0.776 e. The van der Waals surface area contributed by atoms with Crippen molar-refractivity contribution in [2.24, 2.45) is 0 Å². The summed E-state index contributed by atoms with van der Waals surface area (Å²) < 4.78 is 22.0. The van der Waals surface area contributed by atoms with Crippen molar-refractivity contribution in [3.63, 3.8) is 0 Å². The van der Waals surface area contributed by atoms with Crippen LogP contribution in [0.2, 0.25) is 0 Å². The predicted octanol–water partition coefficient (Wildman–Crippen LogP) is -3.91. The third kappa shape index (κ3) is 8.55. The second-order valence-corrected chi connectivity index (χ2v) is 8.55. The van der Waals surface area contributed by atoms with Gasteiger partial charge in [-0.15, -0.1) is 0 Å². The van der Waals surface area contributed by atoms with Crippen LogP contribution < -0.4 is 39.8 Å². The molecule has 0 heterocycles. The monoisotopic (exact) mass is 359 g/mol. The first kappa shape index (κ1) is 27.0. The molecule has 0 saturated heterocycles. The van der Waals surface area contributed by atoms with Gasteiger partial charge >= 0.3 is 37.2 Å². The summed E-state index contributed by atoms with van der Waals surface area (Å²) in [5, 5.41) is 8.95. The van der Waals surface area contributed by atoms with Gasteiger partial charge in [-0.3, -0.25) is 4.57 Å². The van der Waals surface area contributed by atoms with Crippen molar-refractivity contribution in [2.45, 2.75) is 50.7 Å². The fourth-order valence-electron chi connectivity index (χ4n) is 1.55. The normalized spacial score (nSPS) is 18.6. The quantitative estimate of drug-likeness (QED) is 0.204. The van der Waals surface area contributed by atoms with Crippen LogP contribution in [0.4, 0.5) is 0 Å². The minimum atomic E-state index is -5.59. The number of nitrogens with one attached hydrogen (secondary N) is 1. The Morgan fingerprint density at radius 1 is 1.29 bits per heavy atom. The molecule has 0 amide bonds. The molecule has 0 aromatic heterocycles. The fraction of sp³-hybridized carbons (Fsp3) is 1.00. The zero-order valence-corrected chi connectivity index (χ0v) is 16.3. The van der Waals surface area contributed by atoms with Crippen LogP contribution in [-0.4, -0.2) is 42.9 Å². The first-order valence-corrected chi connectivity index (χ1v) is 9.20. The average molecular weight is 359 g/mol. The van der Waals surface area contributed by atoms with Crippen molar-refractivity contribution < 1.29 is 68.8 Å². The van der Waals surface area contributed by atoms with E-state index in [0.29, 0.717) is 0 Å². The summed E-state index contributed by atoms with van der Waals surface area (Å²) in [6.07, 6.45) is 1.98. The van der Waals surface area contributed by atoms with Gasteiger partial charge in [-0.1, -0.05) is 19.8 Å². The Labute approximate surface area is 146 Å². The van der Waals surface area contributed by atoms with Crippen LogP contribution in [0.3, 0.4) is 0 Å². The molecular weight excluding hydrogens is 335 g/mol. The van der Waals surface area contributed by atoms with Gasteiger partial charge in [0, 0.05) is 12.5 Å². The van der Waals surface area contributed by atoms with Gasteiger partial charge in [0.25, 0.3) is 0 Å². The van der Waals surface area contributed by atoms with Crippen LogP contribution in [0.1, 0.15) is 39.5 Å². The van der Waals surface area contributed by atoms with Crippen molar-refractivity contribution >= 4 is 15.2 Å². The summed E-state index contributed by atoms with van der Waals surface area (Å²) in [6, 6.07) is 0.0192. The summed E-state index contributed by atoms with van der Waals surface area (Å²) >= 11 is 0. The molecule has 3 unspecified atom stereocenters. The van der Waals surface area contributed by atoms with E-state index in [1.54, 1.807) is 0 Å². The van der Waals surface area contributed by atoms with Crippen LogP contribution in [0.25, 0.3) is 0 Å². The maximum Gasteiger partial charge on any atom is 1.00 e. The van der Waals surface area contributed by atoms with Crippen molar-refractivity contribution in [1.29, 1.82) is 0 Å². The number of aliphatic hydroxyl groups is 1. The van der Waals surface area contributed by atoms with Gasteiger partial charge in [0.1, 0.15) is 0 Å². The largest absolute Gasteiger partial charge is 1.00 e. The maximum atomic E-state index is 11.0. The molecule has 0 rings (SSSR count). The molecule has 3 atom stereocenters. The molecule has 21 heavy (non-hydrogen) atoms. The molecule has 124 valence electrons. The van der Waals surface area contributed by atoms with E-state index in [1.165, 1.54) is 0 Å². The van der Waals surface area contributed by atoms with Gasteiger partial charge in [0.15, 0.2) is 7.60 Å². The van der Waals surface area contributed by atoms with Gasteiger partial charge in [-0.2, -0.15) is 0 Å². The number of unbranched alkanes of at least 4 members (excludes halogenated alkanes) is 1. The summed E-state index contributed by atoms with van der Waals surface area (Å²) in [4.78, 5) is 37.5. The molecule has 0 bridgehead atoms. The number of hydrogen-bond acceptors (Lipinski definition) is 5. The van der Waals surface area contributed by atoms with E-state index >= 15 is 0 Å². The summed E-state index contributed by atoms with van der Waals surface area (Å²) in [5.41, 5.74) is 0. The van der Waals surface area contributed by atoms with Crippen molar-refractivity contribution in [3.05, 3.63) is 0 Å². The van der Waals surface area contributed by atoms with Crippen LogP contribution in [0.15, 0.2) is 0 Å². The van der Waals surface area contributed by atoms with Gasteiger partial charge in [0.2, 0.25) is 5.08 Å². The summed E-state index contributed by atoms with van der Waals surface area (Å²) in [5.74, 6) is 0. The predicted molar refractivity (Wildman–Crippen MR) is 72.0 cm³/mol. The molecule has 0 radical (unpaired) electrons. The number of rotatable bonds is 9. The van der Waals surface area contributed by atoms with Gasteiger partial charge in [0.05, 0.1) is 0 Å². The molecular formula is C9H24NNaO8P2.